The Morgan fingerprint density at radius 3 is 1.28 bits per heavy atom. The second kappa shape index (κ2) is 23.3. The summed E-state index contributed by atoms with van der Waals surface area (Å²) in [6.45, 7) is 4.87. The number of aliphatic hydroxyl groups excluding tert-OH is 1. The first-order valence-electron chi connectivity index (χ1n) is 16.1. The molecule has 3 N–H and O–H groups in total. The van der Waals surface area contributed by atoms with Gasteiger partial charge in [-0.05, 0) is 44.9 Å². The molecule has 0 bridgehead atoms. The van der Waals surface area contributed by atoms with E-state index in [-0.39, 0.29) is 19.3 Å². The van der Waals surface area contributed by atoms with Crippen molar-refractivity contribution in [2.24, 2.45) is 0 Å². The van der Waals surface area contributed by atoms with E-state index in [1.54, 1.807) is 6.92 Å². The van der Waals surface area contributed by atoms with Crippen LogP contribution in [0.3, 0.4) is 0 Å². The van der Waals surface area contributed by atoms with Crippen molar-refractivity contribution >= 4 is 17.3 Å². The van der Waals surface area contributed by atoms with E-state index in [1.165, 1.54) is 38.5 Å². The smallest absolute Gasteiger partial charge is 0.219 e. The SMILES string of the molecule is CCCCCCCC/C=C\CCCCCCCC(=O)C(O)(C(=O)CCCCCCC)C(O)(CO)C(=O)CCC. The highest BCUT2D eigenvalue weighted by Crippen LogP contribution is 2.31. The molecule has 0 aromatic heterocycles. The van der Waals surface area contributed by atoms with Gasteiger partial charge < -0.3 is 15.3 Å². The Bertz CT molecular complexity index is 688. The van der Waals surface area contributed by atoms with Crippen LogP contribution in [0.25, 0.3) is 0 Å². The summed E-state index contributed by atoms with van der Waals surface area (Å²) in [4.78, 5) is 39.0. The van der Waals surface area contributed by atoms with Gasteiger partial charge in [0.15, 0.2) is 23.0 Å². The van der Waals surface area contributed by atoms with Crippen LogP contribution in [0.4, 0.5) is 0 Å². The molecule has 0 radical (unpaired) electrons. The van der Waals surface area contributed by atoms with E-state index in [0.717, 1.165) is 64.2 Å². The number of allylic oxidation sites excluding steroid dienone is 2. The van der Waals surface area contributed by atoms with Crippen molar-refractivity contribution in [2.75, 3.05) is 6.61 Å². The Balaban J connectivity index is 4.69. The van der Waals surface area contributed by atoms with E-state index in [9.17, 15) is 29.7 Å². The zero-order valence-electron chi connectivity index (χ0n) is 25.5. The summed E-state index contributed by atoms with van der Waals surface area (Å²) in [6.07, 6.45) is 23.1. The fraction of sp³-hybridized carbons (Fsp3) is 0.848. The van der Waals surface area contributed by atoms with Crippen LogP contribution in [-0.2, 0) is 14.4 Å². The highest BCUT2D eigenvalue weighted by atomic mass is 16.4. The van der Waals surface area contributed by atoms with Crippen molar-refractivity contribution in [2.45, 2.75) is 173 Å². The van der Waals surface area contributed by atoms with Crippen LogP contribution in [0.1, 0.15) is 162 Å². The third kappa shape index (κ3) is 14.2. The van der Waals surface area contributed by atoms with Gasteiger partial charge in [0.2, 0.25) is 5.60 Å². The number of hydrogen-bond acceptors (Lipinski definition) is 6. The summed E-state index contributed by atoms with van der Waals surface area (Å²) in [5.74, 6) is -2.59. The lowest BCUT2D eigenvalue weighted by molar-refractivity contribution is -0.194. The average Bonchev–Trinajstić information content (AvgIpc) is 2.93. The van der Waals surface area contributed by atoms with Crippen LogP contribution < -0.4 is 0 Å². The molecule has 0 aromatic rings. The first-order chi connectivity index (χ1) is 18.8. The fourth-order valence-corrected chi connectivity index (χ4v) is 5.06. The summed E-state index contributed by atoms with van der Waals surface area (Å²) in [5, 5.41) is 32.3. The molecule has 0 aromatic carbocycles. The van der Waals surface area contributed by atoms with Gasteiger partial charge in [0, 0.05) is 19.3 Å². The zero-order chi connectivity index (χ0) is 29.4. The standard InChI is InChI=1S/C33H60O6/c1-4-7-9-11-12-13-14-15-16-17-18-19-20-22-24-27-31(37)33(39,30(36)26-23-21-10-8-5-2)32(38,28-34)29(35)25-6-3/h15-16,34,38-39H,4-14,17-28H2,1-3H3/b16-15-. The van der Waals surface area contributed by atoms with Gasteiger partial charge in [-0.25, -0.2) is 0 Å². The molecule has 6 heteroatoms. The molecule has 0 aliphatic heterocycles. The van der Waals surface area contributed by atoms with Crippen LogP contribution in [0.15, 0.2) is 12.2 Å². The van der Waals surface area contributed by atoms with Gasteiger partial charge in [0.05, 0.1) is 6.61 Å². The molecule has 0 fully saturated rings. The lowest BCUT2D eigenvalue weighted by Crippen LogP contribution is -2.69. The summed E-state index contributed by atoms with van der Waals surface area (Å²) in [6, 6.07) is 0. The lowest BCUT2D eigenvalue weighted by Gasteiger charge is -2.39. The van der Waals surface area contributed by atoms with Crippen molar-refractivity contribution in [3.63, 3.8) is 0 Å². The minimum Gasteiger partial charge on any atom is -0.393 e. The van der Waals surface area contributed by atoms with E-state index in [1.807, 2.05) is 0 Å². The molecule has 39 heavy (non-hydrogen) atoms. The minimum atomic E-state index is -2.90. The molecule has 6 nitrogen and oxygen atoms in total. The van der Waals surface area contributed by atoms with Crippen molar-refractivity contribution in [1.82, 2.24) is 0 Å². The summed E-state index contributed by atoms with van der Waals surface area (Å²) in [7, 11) is 0. The molecule has 0 rings (SSSR count). The number of aliphatic hydroxyl groups is 3. The molecule has 2 atom stereocenters. The highest BCUT2D eigenvalue weighted by molar-refractivity contribution is 6.16. The molecular formula is C33H60O6. The predicted octanol–water partition coefficient (Wildman–Crippen LogP) is 7.35. The second-order valence-electron chi connectivity index (χ2n) is 11.2. The predicted molar refractivity (Wildman–Crippen MR) is 160 cm³/mol. The van der Waals surface area contributed by atoms with Crippen molar-refractivity contribution in [3.8, 4) is 0 Å². The first kappa shape index (κ1) is 37.6. The maximum absolute atomic E-state index is 13.2. The Hall–Kier alpha value is -1.37. The van der Waals surface area contributed by atoms with Crippen LogP contribution in [0.2, 0.25) is 0 Å². The van der Waals surface area contributed by atoms with Gasteiger partial charge >= 0.3 is 0 Å². The monoisotopic (exact) mass is 552 g/mol. The molecular weight excluding hydrogens is 492 g/mol. The first-order valence-corrected chi connectivity index (χ1v) is 16.1. The number of ketones is 3. The molecule has 0 spiro atoms. The van der Waals surface area contributed by atoms with Gasteiger partial charge in [-0.3, -0.25) is 14.4 Å². The summed E-state index contributed by atoms with van der Waals surface area (Å²) >= 11 is 0. The fourth-order valence-electron chi connectivity index (χ4n) is 5.06. The van der Waals surface area contributed by atoms with Crippen LogP contribution >= 0.6 is 0 Å². The number of carbonyl (C=O) groups excluding carboxylic acids is 3. The highest BCUT2D eigenvalue weighted by Gasteiger charge is 2.62. The van der Waals surface area contributed by atoms with Gasteiger partial charge in [0.25, 0.3) is 0 Å². The quantitative estimate of drug-likeness (QED) is 0.0531. The summed E-state index contributed by atoms with van der Waals surface area (Å²) < 4.78 is 0. The number of carbonyl (C=O) groups is 3. The average molecular weight is 553 g/mol. The molecule has 0 amide bonds. The molecule has 0 aliphatic rings. The van der Waals surface area contributed by atoms with E-state index in [0.29, 0.717) is 19.3 Å². The number of unbranched alkanes of at least 4 members (excludes halogenated alkanes) is 15. The van der Waals surface area contributed by atoms with Gasteiger partial charge in [0.1, 0.15) is 0 Å². The molecule has 228 valence electrons. The maximum Gasteiger partial charge on any atom is 0.219 e. The number of rotatable bonds is 28. The second-order valence-corrected chi connectivity index (χ2v) is 11.2. The number of hydrogen-bond donors (Lipinski definition) is 3. The van der Waals surface area contributed by atoms with E-state index >= 15 is 0 Å². The van der Waals surface area contributed by atoms with Gasteiger partial charge in [-0.1, -0.05) is 110 Å². The van der Waals surface area contributed by atoms with Crippen LogP contribution in [0, 0.1) is 0 Å². The summed E-state index contributed by atoms with van der Waals surface area (Å²) in [5.41, 5.74) is -5.71. The molecule has 0 aliphatic carbocycles. The number of Topliss-reactive ketones (excluding diaryl/α,β-unsaturated/α-hetero) is 3. The van der Waals surface area contributed by atoms with Crippen LogP contribution in [-0.4, -0.2) is 50.5 Å². The Labute approximate surface area is 239 Å². The third-order valence-electron chi connectivity index (χ3n) is 7.75. The van der Waals surface area contributed by atoms with Crippen molar-refractivity contribution in [1.29, 1.82) is 0 Å². The van der Waals surface area contributed by atoms with Crippen molar-refractivity contribution < 1.29 is 29.7 Å². The Kier molecular flexibility index (Phi) is 22.5. The topological polar surface area (TPSA) is 112 Å². The zero-order valence-corrected chi connectivity index (χ0v) is 25.5. The molecule has 0 heterocycles. The van der Waals surface area contributed by atoms with Crippen molar-refractivity contribution in [3.05, 3.63) is 12.2 Å². The van der Waals surface area contributed by atoms with Gasteiger partial charge in [-0.2, -0.15) is 0 Å². The molecule has 0 saturated heterocycles. The Morgan fingerprint density at radius 1 is 0.513 bits per heavy atom. The Morgan fingerprint density at radius 2 is 0.897 bits per heavy atom. The van der Waals surface area contributed by atoms with Gasteiger partial charge in [-0.15, -0.1) is 0 Å². The third-order valence-corrected chi connectivity index (χ3v) is 7.75. The van der Waals surface area contributed by atoms with Crippen LogP contribution in [0.5, 0.6) is 0 Å². The molecule has 2 unspecified atom stereocenters. The molecule has 0 saturated carbocycles. The minimum absolute atomic E-state index is 0.111. The lowest BCUT2D eigenvalue weighted by atomic mass is 9.71. The van der Waals surface area contributed by atoms with E-state index in [2.05, 4.69) is 26.0 Å². The normalized spacial score (nSPS) is 14.8. The largest absolute Gasteiger partial charge is 0.393 e. The van der Waals surface area contributed by atoms with E-state index in [4.69, 9.17) is 0 Å². The maximum atomic E-state index is 13.2. The van der Waals surface area contributed by atoms with E-state index < -0.39 is 35.2 Å².